The third-order valence-corrected chi connectivity index (χ3v) is 6.07. The summed E-state index contributed by atoms with van der Waals surface area (Å²) in [4.78, 5) is 0.141. The number of sulfone groups is 1. The van der Waals surface area contributed by atoms with Crippen LogP contribution in [0.4, 0.5) is 0 Å². The van der Waals surface area contributed by atoms with Crippen LogP contribution in [-0.2, 0) is 9.84 Å². The highest BCUT2D eigenvalue weighted by Crippen LogP contribution is 2.25. The second-order valence-corrected chi connectivity index (χ2v) is 8.40. The first-order valence-electron chi connectivity index (χ1n) is 7.84. The number of nitrogens with zero attached hydrogens (tertiary/aromatic N) is 3. The van der Waals surface area contributed by atoms with E-state index in [-0.39, 0.29) is 9.92 Å². The van der Waals surface area contributed by atoms with E-state index < -0.39 is 9.84 Å². The fourth-order valence-corrected chi connectivity index (χ4v) is 4.00. The maximum atomic E-state index is 12.8. The van der Waals surface area contributed by atoms with Crippen molar-refractivity contribution >= 4 is 21.4 Å². The van der Waals surface area contributed by atoms with Crippen molar-refractivity contribution in [2.45, 2.75) is 36.6 Å². The van der Waals surface area contributed by atoms with Crippen LogP contribution >= 0.6 is 11.6 Å². The van der Waals surface area contributed by atoms with E-state index in [2.05, 4.69) is 24.2 Å². The lowest BCUT2D eigenvalue weighted by Crippen LogP contribution is -2.05. The molecule has 0 bridgehead atoms. The van der Waals surface area contributed by atoms with Crippen LogP contribution in [0.3, 0.4) is 0 Å². The summed E-state index contributed by atoms with van der Waals surface area (Å²) in [5.41, 5.74) is 2.44. The highest BCUT2D eigenvalue weighted by atomic mass is 35.5. The fourth-order valence-electron chi connectivity index (χ4n) is 2.53. The van der Waals surface area contributed by atoms with Gasteiger partial charge in [0.25, 0.3) is 0 Å². The molecule has 5 nitrogen and oxygen atoms in total. The monoisotopic (exact) mass is 375 g/mol. The van der Waals surface area contributed by atoms with Gasteiger partial charge in [-0.3, -0.25) is 0 Å². The predicted octanol–water partition coefficient (Wildman–Crippen LogP) is 4.19. The van der Waals surface area contributed by atoms with Crippen molar-refractivity contribution in [1.29, 1.82) is 0 Å². The van der Waals surface area contributed by atoms with Crippen molar-refractivity contribution in [3.05, 3.63) is 64.8 Å². The standard InChI is InChI=1S/C18H18ClN3O2S/c1-12(2)14-4-8-16(9-5-14)22-13(3)18(20-21-22)25(23,24)17-10-6-15(19)7-11-17/h4-12H,1-3H3. The first kappa shape index (κ1) is 17.6. The lowest BCUT2D eigenvalue weighted by Gasteiger charge is -2.08. The third kappa shape index (κ3) is 3.32. The van der Waals surface area contributed by atoms with Crippen LogP contribution < -0.4 is 0 Å². The molecular weight excluding hydrogens is 358 g/mol. The van der Waals surface area contributed by atoms with Crippen LogP contribution in [0.25, 0.3) is 5.69 Å². The topological polar surface area (TPSA) is 64.8 Å². The molecule has 0 aliphatic rings. The molecular formula is C18H18ClN3O2S. The summed E-state index contributed by atoms with van der Waals surface area (Å²) >= 11 is 5.83. The van der Waals surface area contributed by atoms with E-state index in [4.69, 9.17) is 11.6 Å². The number of rotatable bonds is 4. The molecule has 130 valence electrons. The summed E-state index contributed by atoms with van der Waals surface area (Å²) in [7, 11) is -3.75. The Morgan fingerprint density at radius 1 is 1.00 bits per heavy atom. The molecule has 0 fully saturated rings. The quantitative estimate of drug-likeness (QED) is 0.686. The molecule has 1 aromatic heterocycles. The van der Waals surface area contributed by atoms with Crippen molar-refractivity contribution in [3.8, 4) is 5.69 Å². The van der Waals surface area contributed by atoms with Crippen LogP contribution in [0, 0.1) is 6.92 Å². The molecule has 3 rings (SSSR count). The lowest BCUT2D eigenvalue weighted by atomic mass is 10.0. The van der Waals surface area contributed by atoms with Gasteiger partial charge in [-0.2, -0.15) is 0 Å². The zero-order valence-corrected chi connectivity index (χ0v) is 15.7. The van der Waals surface area contributed by atoms with E-state index in [0.29, 0.717) is 16.6 Å². The molecule has 0 spiro atoms. The Bertz CT molecular complexity index is 992. The highest BCUT2D eigenvalue weighted by molar-refractivity contribution is 7.91. The Hall–Kier alpha value is -2.18. The van der Waals surface area contributed by atoms with Gasteiger partial charge in [-0.25, -0.2) is 13.1 Å². The second-order valence-electron chi connectivity index (χ2n) is 6.10. The van der Waals surface area contributed by atoms with Gasteiger partial charge in [-0.15, -0.1) is 5.10 Å². The van der Waals surface area contributed by atoms with Gasteiger partial charge in [-0.05, 0) is 54.8 Å². The minimum Gasteiger partial charge on any atom is -0.217 e. The summed E-state index contributed by atoms with van der Waals surface area (Å²) in [6.45, 7) is 5.93. The molecule has 2 aromatic carbocycles. The van der Waals surface area contributed by atoms with Gasteiger partial charge in [0.2, 0.25) is 14.9 Å². The Morgan fingerprint density at radius 2 is 1.60 bits per heavy atom. The van der Waals surface area contributed by atoms with Gasteiger partial charge in [0.15, 0.2) is 0 Å². The van der Waals surface area contributed by atoms with Gasteiger partial charge in [0.05, 0.1) is 16.3 Å². The second kappa shape index (κ2) is 6.61. The smallest absolute Gasteiger partial charge is 0.217 e. The zero-order chi connectivity index (χ0) is 18.2. The van der Waals surface area contributed by atoms with Gasteiger partial charge >= 0.3 is 0 Å². The number of benzene rings is 2. The lowest BCUT2D eigenvalue weighted by molar-refractivity contribution is 0.591. The van der Waals surface area contributed by atoms with Crippen molar-refractivity contribution < 1.29 is 8.42 Å². The summed E-state index contributed by atoms with van der Waals surface area (Å²) in [6.07, 6.45) is 0. The molecule has 0 unspecified atom stereocenters. The molecule has 1 heterocycles. The number of aromatic nitrogens is 3. The molecule has 0 saturated heterocycles. The normalized spacial score (nSPS) is 11.9. The summed E-state index contributed by atoms with van der Waals surface area (Å²) < 4.78 is 27.1. The molecule has 25 heavy (non-hydrogen) atoms. The first-order chi connectivity index (χ1) is 11.8. The minimum atomic E-state index is -3.75. The van der Waals surface area contributed by atoms with Crippen molar-refractivity contribution in [1.82, 2.24) is 15.0 Å². The van der Waals surface area contributed by atoms with Crippen molar-refractivity contribution in [3.63, 3.8) is 0 Å². The third-order valence-electron chi connectivity index (χ3n) is 4.04. The Labute approximate surface area is 152 Å². The van der Waals surface area contributed by atoms with Crippen molar-refractivity contribution in [2.24, 2.45) is 0 Å². The van der Waals surface area contributed by atoms with Gasteiger partial charge in [0, 0.05) is 5.02 Å². The molecule has 0 N–H and O–H groups in total. The minimum absolute atomic E-state index is 0.0530. The van der Waals surface area contributed by atoms with E-state index in [1.807, 2.05) is 24.3 Å². The van der Waals surface area contributed by atoms with E-state index in [9.17, 15) is 8.42 Å². The van der Waals surface area contributed by atoms with E-state index in [1.165, 1.54) is 22.4 Å². The van der Waals surface area contributed by atoms with E-state index in [0.717, 1.165) is 5.69 Å². The maximum Gasteiger partial charge on any atom is 0.227 e. The molecule has 0 aliphatic heterocycles. The molecule has 0 atom stereocenters. The Kier molecular flexibility index (Phi) is 4.67. The maximum absolute atomic E-state index is 12.8. The van der Waals surface area contributed by atoms with Crippen LogP contribution in [0.2, 0.25) is 5.02 Å². The first-order valence-corrected chi connectivity index (χ1v) is 9.70. The number of halogens is 1. The van der Waals surface area contributed by atoms with Crippen LogP contribution in [0.15, 0.2) is 58.5 Å². The molecule has 3 aromatic rings. The molecule has 0 saturated carbocycles. The largest absolute Gasteiger partial charge is 0.227 e. The fraction of sp³-hybridized carbons (Fsp3) is 0.222. The van der Waals surface area contributed by atoms with Crippen LogP contribution in [0.5, 0.6) is 0 Å². The van der Waals surface area contributed by atoms with Gasteiger partial charge in [0.1, 0.15) is 0 Å². The van der Waals surface area contributed by atoms with E-state index >= 15 is 0 Å². The van der Waals surface area contributed by atoms with E-state index in [1.54, 1.807) is 19.1 Å². The summed E-state index contributed by atoms with van der Waals surface area (Å²) in [5.74, 6) is 0.423. The van der Waals surface area contributed by atoms with Gasteiger partial charge < -0.3 is 0 Å². The predicted molar refractivity (Wildman–Crippen MR) is 97.1 cm³/mol. The molecule has 7 heteroatoms. The summed E-state index contributed by atoms with van der Waals surface area (Å²) in [6, 6.07) is 13.9. The molecule has 0 amide bonds. The molecule has 0 radical (unpaired) electrons. The van der Waals surface area contributed by atoms with Crippen molar-refractivity contribution in [2.75, 3.05) is 0 Å². The number of hydrogen-bond donors (Lipinski definition) is 0. The molecule has 0 aliphatic carbocycles. The summed E-state index contributed by atoms with van der Waals surface area (Å²) in [5, 5.41) is 8.37. The van der Waals surface area contributed by atoms with Crippen LogP contribution in [0.1, 0.15) is 31.0 Å². The number of hydrogen-bond acceptors (Lipinski definition) is 4. The highest BCUT2D eigenvalue weighted by Gasteiger charge is 2.25. The van der Waals surface area contributed by atoms with Crippen LogP contribution in [-0.4, -0.2) is 23.4 Å². The zero-order valence-electron chi connectivity index (χ0n) is 14.1. The average Bonchev–Trinajstić information content (AvgIpc) is 2.97. The van der Waals surface area contributed by atoms with Gasteiger partial charge in [-0.1, -0.05) is 42.8 Å². The SMILES string of the molecule is Cc1c(S(=O)(=O)c2ccc(Cl)cc2)nnn1-c1ccc(C(C)C)cc1. The average molecular weight is 376 g/mol. The Morgan fingerprint density at radius 3 is 2.16 bits per heavy atom. The Balaban J connectivity index is 2.02.